The standard InChI is InChI=1S/C12H14ClNO4S/c1-6(15)10(12(17)18)14-11(16)8-5-7(19-2)3-4-9(8)13/h3-6,10,15H,1-2H3,(H,14,16)(H,17,18). The van der Waals surface area contributed by atoms with Crippen LogP contribution in [0.3, 0.4) is 0 Å². The maximum absolute atomic E-state index is 12.0. The average Bonchev–Trinajstić information content (AvgIpc) is 2.35. The number of halogens is 1. The van der Waals surface area contributed by atoms with Crippen LogP contribution in [0, 0.1) is 0 Å². The third-order valence-corrected chi connectivity index (χ3v) is 3.51. The fourth-order valence-electron chi connectivity index (χ4n) is 1.41. The molecule has 19 heavy (non-hydrogen) atoms. The van der Waals surface area contributed by atoms with Crippen molar-refractivity contribution in [1.82, 2.24) is 5.32 Å². The van der Waals surface area contributed by atoms with Crippen LogP contribution in [0.25, 0.3) is 0 Å². The molecule has 0 saturated heterocycles. The van der Waals surface area contributed by atoms with Crippen molar-refractivity contribution in [2.75, 3.05) is 6.26 Å². The predicted molar refractivity (Wildman–Crippen MR) is 73.8 cm³/mol. The Labute approximate surface area is 120 Å². The second-order valence-corrected chi connectivity index (χ2v) is 5.16. The van der Waals surface area contributed by atoms with E-state index >= 15 is 0 Å². The molecule has 0 radical (unpaired) electrons. The van der Waals surface area contributed by atoms with Gasteiger partial charge in [0.15, 0.2) is 6.04 Å². The molecule has 1 rings (SSSR count). The van der Waals surface area contributed by atoms with Gasteiger partial charge in [-0.25, -0.2) is 4.79 Å². The quantitative estimate of drug-likeness (QED) is 0.720. The minimum Gasteiger partial charge on any atom is -0.480 e. The number of carbonyl (C=O) groups is 2. The molecule has 0 aromatic heterocycles. The van der Waals surface area contributed by atoms with Crippen LogP contribution in [0.1, 0.15) is 17.3 Å². The van der Waals surface area contributed by atoms with E-state index in [2.05, 4.69) is 5.32 Å². The van der Waals surface area contributed by atoms with Crippen LogP contribution in [0.4, 0.5) is 0 Å². The smallest absolute Gasteiger partial charge is 0.328 e. The van der Waals surface area contributed by atoms with Gasteiger partial charge in [0.1, 0.15) is 0 Å². The summed E-state index contributed by atoms with van der Waals surface area (Å²) in [7, 11) is 0. The topological polar surface area (TPSA) is 86.6 Å². The number of carboxylic acids is 1. The zero-order valence-electron chi connectivity index (χ0n) is 10.4. The summed E-state index contributed by atoms with van der Waals surface area (Å²) in [4.78, 5) is 23.7. The Balaban J connectivity index is 2.97. The number of carboxylic acid groups (broad SMARTS) is 1. The largest absolute Gasteiger partial charge is 0.480 e. The molecule has 104 valence electrons. The SMILES string of the molecule is CSc1ccc(Cl)c(C(=O)NC(C(=O)O)C(C)O)c1. The molecule has 0 spiro atoms. The summed E-state index contributed by atoms with van der Waals surface area (Å²) in [6.07, 6.45) is 0.643. The second-order valence-electron chi connectivity index (χ2n) is 3.88. The number of aliphatic carboxylic acids is 1. The van der Waals surface area contributed by atoms with E-state index in [1.165, 1.54) is 18.7 Å². The first kappa shape index (κ1) is 15.8. The molecule has 0 bridgehead atoms. The summed E-state index contributed by atoms with van der Waals surface area (Å²) in [6.45, 7) is 1.29. The van der Waals surface area contributed by atoms with E-state index in [0.717, 1.165) is 4.90 Å². The molecule has 7 heteroatoms. The lowest BCUT2D eigenvalue weighted by atomic mass is 10.1. The van der Waals surface area contributed by atoms with Crippen LogP contribution < -0.4 is 5.32 Å². The fourth-order valence-corrected chi connectivity index (χ4v) is 2.06. The molecule has 2 atom stereocenters. The highest BCUT2D eigenvalue weighted by Crippen LogP contribution is 2.23. The van der Waals surface area contributed by atoms with Gasteiger partial charge in [-0.15, -0.1) is 11.8 Å². The summed E-state index contributed by atoms with van der Waals surface area (Å²) in [5.74, 6) is -1.94. The van der Waals surface area contributed by atoms with Gasteiger partial charge in [-0.3, -0.25) is 4.79 Å². The third kappa shape index (κ3) is 4.12. The lowest BCUT2D eigenvalue weighted by molar-refractivity contribution is -0.141. The molecule has 0 aliphatic rings. The summed E-state index contributed by atoms with van der Waals surface area (Å²) in [5.41, 5.74) is 0.181. The molecule has 1 amide bonds. The van der Waals surface area contributed by atoms with Crippen LogP contribution in [0.15, 0.2) is 23.1 Å². The maximum Gasteiger partial charge on any atom is 0.328 e. The van der Waals surface area contributed by atoms with E-state index in [4.69, 9.17) is 16.7 Å². The van der Waals surface area contributed by atoms with Crippen molar-refractivity contribution in [2.45, 2.75) is 24.0 Å². The highest BCUT2D eigenvalue weighted by Gasteiger charge is 2.26. The van der Waals surface area contributed by atoms with Crippen LogP contribution in [0.2, 0.25) is 5.02 Å². The number of hydrogen-bond acceptors (Lipinski definition) is 4. The van der Waals surface area contributed by atoms with Gasteiger partial charge in [0.05, 0.1) is 16.7 Å². The number of carbonyl (C=O) groups excluding carboxylic acids is 1. The monoisotopic (exact) mass is 303 g/mol. The van der Waals surface area contributed by atoms with E-state index in [9.17, 15) is 14.7 Å². The molecule has 0 fully saturated rings. The Kier molecular flexibility index (Phi) is 5.65. The number of aliphatic hydroxyl groups is 1. The normalized spacial score (nSPS) is 13.7. The molecule has 1 aromatic rings. The number of thioether (sulfide) groups is 1. The van der Waals surface area contributed by atoms with Crippen molar-refractivity contribution in [1.29, 1.82) is 0 Å². The van der Waals surface area contributed by atoms with Gasteiger partial charge in [-0.1, -0.05) is 11.6 Å². The Morgan fingerprint density at radius 2 is 2.05 bits per heavy atom. The highest BCUT2D eigenvalue weighted by atomic mass is 35.5. The molecule has 0 aliphatic heterocycles. The van der Waals surface area contributed by atoms with Crippen molar-refractivity contribution in [2.24, 2.45) is 0 Å². The number of amides is 1. The minimum atomic E-state index is -1.37. The van der Waals surface area contributed by atoms with Crippen molar-refractivity contribution in [3.63, 3.8) is 0 Å². The van der Waals surface area contributed by atoms with Gasteiger partial charge in [0, 0.05) is 4.90 Å². The molecule has 0 saturated carbocycles. The van der Waals surface area contributed by atoms with E-state index in [1.807, 2.05) is 6.26 Å². The molecule has 3 N–H and O–H groups in total. The highest BCUT2D eigenvalue weighted by molar-refractivity contribution is 7.98. The first-order valence-electron chi connectivity index (χ1n) is 5.42. The van der Waals surface area contributed by atoms with E-state index in [0.29, 0.717) is 0 Å². The third-order valence-electron chi connectivity index (χ3n) is 2.45. The number of hydrogen-bond donors (Lipinski definition) is 3. The van der Waals surface area contributed by atoms with Crippen molar-refractivity contribution in [3.05, 3.63) is 28.8 Å². The van der Waals surface area contributed by atoms with Crippen LogP contribution in [-0.4, -0.2) is 40.5 Å². The number of benzene rings is 1. The van der Waals surface area contributed by atoms with Gasteiger partial charge < -0.3 is 15.5 Å². The lowest BCUT2D eigenvalue weighted by Crippen LogP contribution is -2.47. The van der Waals surface area contributed by atoms with Crippen molar-refractivity contribution >= 4 is 35.2 Å². The first-order valence-corrected chi connectivity index (χ1v) is 7.02. The van der Waals surface area contributed by atoms with E-state index in [-0.39, 0.29) is 10.6 Å². The Morgan fingerprint density at radius 1 is 1.42 bits per heavy atom. The molecule has 2 unspecified atom stereocenters. The van der Waals surface area contributed by atoms with Crippen LogP contribution in [0.5, 0.6) is 0 Å². The van der Waals surface area contributed by atoms with Gasteiger partial charge in [0.2, 0.25) is 0 Å². The predicted octanol–water partition coefficient (Wildman–Crippen LogP) is 1.63. The number of rotatable bonds is 5. The fraction of sp³-hybridized carbons (Fsp3) is 0.333. The molecule has 1 aromatic carbocycles. The van der Waals surface area contributed by atoms with E-state index < -0.39 is 24.0 Å². The average molecular weight is 304 g/mol. The molecular formula is C12H14ClNO4S. The zero-order chi connectivity index (χ0) is 14.6. The molecule has 0 aliphatic carbocycles. The van der Waals surface area contributed by atoms with Crippen LogP contribution in [-0.2, 0) is 4.79 Å². The van der Waals surface area contributed by atoms with Crippen LogP contribution >= 0.6 is 23.4 Å². The van der Waals surface area contributed by atoms with Gasteiger partial charge >= 0.3 is 5.97 Å². The Hall–Kier alpha value is -1.24. The Morgan fingerprint density at radius 3 is 2.53 bits per heavy atom. The van der Waals surface area contributed by atoms with Gasteiger partial charge in [0.25, 0.3) is 5.91 Å². The van der Waals surface area contributed by atoms with Gasteiger partial charge in [-0.2, -0.15) is 0 Å². The summed E-state index contributed by atoms with van der Waals surface area (Å²) in [6, 6.07) is 3.53. The molecule has 5 nitrogen and oxygen atoms in total. The van der Waals surface area contributed by atoms with Crippen molar-refractivity contribution < 1.29 is 19.8 Å². The first-order chi connectivity index (χ1) is 8.86. The zero-order valence-corrected chi connectivity index (χ0v) is 12.0. The minimum absolute atomic E-state index is 0.181. The summed E-state index contributed by atoms with van der Waals surface area (Å²) in [5, 5.41) is 20.7. The Bertz CT molecular complexity index is 493. The number of aliphatic hydroxyl groups excluding tert-OH is 1. The molecule has 0 heterocycles. The second kappa shape index (κ2) is 6.79. The number of nitrogens with one attached hydrogen (secondary N) is 1. The lowest BCUT2D eigenvalue weighted by Gasteiger charge is -2.17. The maximum atomic E-state index is 12.0. The molecular weight excluding hydrogens is 290 g/mol. The van der Waals surface area contributed by atoms with Gasteiger partial charge in [-0.05, 0) is 31.4 Å². The summed E-state index contributed by atoms with van der Waals surface area (Å²) >= 11 is 7.35. The summed E-state index contributed by atoms with van der Waals surface area (Å²) < 4.78 is 0. The van der Waals surface area contributed by atoms with E-state index in [1.54, 1.807) is 18.2 Å². The van der Waals surface area contributed by atoms with Crippen molar-refractivity contribution in [3.8, 4) is 0 Å².